The van der Waals surface area contributed by atoms with Crippen LogP contribution >= 0.6 is 0 Å². The van der Waals surface area contributed by atoms with E-state index in [2.05, 4.69) is 81.5 Å². The summed E-state index contributed by atoms with van der Waals surface area (Å²) in [5, 5.41) is 3.99. The van der Waals surface area contributed by atoms with E-state index >= 15 is 0 Å². The quantitative estimate of drug-likeness (QED) is 0.500. The summed E-state index contributed by atoms with van der Waals surface area (Å²) in [4.78, 5) is 0. The molecule has 2 aromatic rings. The van der Waals surface area contributed by atoms with E-state index in [9.17, 15) is 0 Å². The molecule has 0 unspecified atom stereocenters. The van der Waals surface area contributed by atoms with Gasteiger partial charge in [0.05, 0.1) is 5.54 Å². The lowest BCUT2D eigenvalue weighted by Gasteiger charge is -2.36. The molecule has 1 saturated carbocycles. The third-order valence-electron chi connectivity index (χ3n) is 6.30. The molecule has 1 fully saturated rings. The second-order valence-electron chi connectivity index (χ2n) is 8.87. The van der Waals surface area contributed by atoms with Gasteiger partial charge in [0, 0.05) is 0 Å². The number of hydrogen-bond donors (Lipinski definition) is 1. The summed E-state index contributed by atoms with van der Waals surface area (Å²) in [6.45, 7) is 10.5. The minimum atomic E-state index is -0.130. The predicted octanol–water partition coefficient (Wildman–Crippen LogP) is 6.63. The average Bonchev–Trinajstić information content (AvgIpc) is 3.50. The maximum Gasteiger partial charge on any atom is 0.0667 e. The Morgan fingerprint density at radius 3 is 2.37 bits per heavy atom. The Kier molecular flexibility index (Phi) is 6.76. The highest BCUT2D eigenvalue weighted by Crippen LogP contribution is 2.37. The molecule has 1 nitrogen and oxygen atoms in total. The van der Waals surface area contributed by atoms with E-state index in [0.29, 0.717) is 0 Å². The Morgan fingerprint density at radius 1 is 1.04 bits per heavy atom. The summed E-state index contributed by atoms with van der Waals surface area (Å²) < 4.78 is 0. The lowest BCUT2D eigenvalue weighted by atomic mass is 9.78. The van der Waals surface area contributed by atoms with Crippen LogP contribution in [0.1, 0.15) is 75.1 Å². The Morgan fingerprint density at radius 2 is 1.70 bits per heavy atom. The van der Waals surface area contributed by atoms with Crippen molar-refractivity contribution in [3.8, 4) is 0 Å². The lowest BCUT2D eigenvalue weighted by Crippen LogP contribution is -2.43. The molecule has 146 valence electrons. The number of hydrogen-bond acceptors (Lipinski definition) is 1. The SMILES string of the molecule is CCCC[C@@H](C)Cc1ccccc1[C@](C)(NCC1CC1)c1ccccc1C. The van der Waals surface area contributed by atoms with Crippen LogP contribution in [0.4, 0.5) is 0 Å². The highest BCUT2D eigenvalue weighted by molar-refractivity contribution is 5.45. The fourth-order valence-corrected chi connectivity index (χ4v) is 4.36. The van der Waals surface area contributed by atoms with Gasteiger partial charge in [0.15, 0.2) is 0 Å². The number of unbranched alkanes of at least 4 members (excludes halogenated alkanes) is 1. The second-order valence-corrected chi connectivity index (χ2v) is 8.87. The van der Waals surface area contributed by atoms with Crippen molar-refractivity contribution in [2.75, 3.05) is 6.54 Å². The van der Waals surface area contributed by atoms with E-state index in [1.54, 1.807) is 0 Å². The molecule has 0 spiro atoms. The molecule has 3 rings (SSSR count). The van der Waals surface area contributed by atoms with Crippen LogP contribution < -0.4 is 5.32 Å². The molecule has 1 heteroatoms. The molecular formula is C26H37N. The fourth-order valence-electron chi connectivity index (χ4n) is 4.36. The molecule has 2 atom stereocenters. The third kappa shape index (κ3) is 5.02. The van der Waals surface area contributed by atoms with Crippen molar-refractivity contribution < 1.29 is 0 Å². The van der Waals surface area contributed by atoms with E-state index < -0.39 is 0 Å². The molecule has 1 N–H and O–H groups in total. The number of nitrogens with one attached hydrogen (secondary N) is 1. The summed E-state index contributed by atoms with van der Waals surface area (Å²) in [6.07, 6.45) is 7.87. The minimum Gasteiger partial charge on any atom is -0.304 e. The van der Waals surface area contributed by atoms with Crippen molar-refractivity contribution in [1.29, 1.82) is 0 Å². The summed E-state index contributed by atoms with van der Waals surface area (Å²) in [5.74, 6) is 1.60. The maximum atomic E-state index is 3.99. The Hall–Kier alpha value is -1.60. The van der Waals surface area contributed by atoms with Gasteiger partial charge < -0.3 is 5.32 Å². The zero-order valence-electron chi connectivity index (χ0n) is 17.7. The van der Waals surface area contributed by atoms with Gasteiger partial charge in [0.1, 0.15) is 0 Å². The van der Waals surface area contributed by atoms with Gasteiger partial charge in [-0.05, 0) is 73.7 Å². The highest BCUT2D eigenvalue weighted by atomic mass is 15.0. The molecule has 0 heterocycles. The number of benzene rings is 2. The minimum absolute atomic E-state index is 0.130. The average molecular weight is 364 g/mol. The molecule has 27 heavy (non-hydrogen) atoms. The van der Waals surface area contributed by atoms with Gasteiger partial charge in [-0.25, -0.2) is 0 Å². The van der Waals surface area contributed by atoms with Gasteiger partial charge in [-0.2, -0.15) is 0 Å². The maximum absolute atomic E-state index is 3.99. The highest BCUT2D eigenvalue weighted by Gasteiger charge is 2.34. The second kappa shape index (κ2) is 9.06. The zero-order valence-corrected chi connectivity index (χ0v) is 17.7. The molecule has 0 aliphatic heterocycles. The predicted molar refractivity (Wildman–Crippen MR) is 117 cm³/mol. The Bertz CT molecular complexity index is 730. The largest absolute Gasteiger partial charge is 0.304 e. The molecule has 1 aliphatic carbocycles. The van der Waals surface area contributed by atoms with E-state index in [-0.39, 0.29) is 5.54 Å². The van der Waals surface area contributed by atoms with Crippen molar-refractivity contribution >= 4 is 0 Å². The molecule has 0 amide bonds. The summed E-state index contributed by atoms with van der Waals surface area (Å²) in [5.41, 5.74) is 5.63. The van der Waals surface area contributed by atoms with E-state index in [0.717, 1.165) is 18.4 Å². The summed E-state index contributed by atoms with van der Waals surface area (Å²) in [6, 6.07) is 18.0. The van der Waals surface area contributed by atoms with Crippen molar-refractivity contribution in [3.63, 3.8) is 0 Å². The molecule has 1 aliphatic rings. The van der Waals surface area contributed by atoms with Gasteiger partial charge in [-0.15, -0.1) is 0 Å². The molecule has 0 aromatic heterocycles. The first kappa shape index (κ1) is 20.1. The fraction of sp³-hybridized carbons (Fsp3) is 0.538. The molecule has 0 radical (unpaired) electrons. The standard InChI is InChI=1S/C26H37N/c1-5-6-11-20(2)18-23-13-8-10-15-25(23)26(4,27-19-22-16-17-22)24-14-9-7-12-21(24)3/h7-10,12-15,20,22,27H,5-6,11,16-19H2,1-4H3/t20-,26-/m1/s1. The van der Waals surface area contributed by atoms with Gasteiger partial charge in [0.25, 0.3) is 0 Å². The number of aryl methyl sites for hydroxylation is 1. The summed E-state index contributed by atoms with van der Waals surface area (Å²) >= 11 is 0. The first-order chi connectivity index (χ1) is 13.0. The van der Waals surface area contributed by atoms with Crippen molar-refractivity contribution in [2.24, 2.45) is 11.8 Å². The molecule has 2 aromatic carbocycles. The summed E-state index contributed by atoms with van der Waals surface area (Å²) in [7, 11) is 0. The monoisotopic (exact) mass is 363 g/mol. The lowest BCUT2D eigenvalue weighted by molar-refractivity contribution is 0.417. The molecular weight excluding hydrogens is 326 g/mol. The zero-order chi connectivity index (χ0) is 19.3. The Balaban J connectivity index is 1.95. The van der Waals surface area contributed by atoms with Crippen LogP contribution in [-0.2, 0) is 12.0 Å². The topological polar surface area (TPSA) is 12.0 Å². The van der Waals surface area contributed by atoms with Gasteiger partial charge in [-0.1, -0.05) is 81.6 Å². The smallest absolute Gasteiger partial charge is 0.0667 e. The number of rotatable bonds is 10. The van der Waals surface area contributed by atoms with Crippen LogP contribution in [-0.4, -0.2) is 6.54 Å². The van der Waals surface area contributed by atoms with E-state index in [1.165, 1.54) is 60.8 Å². The van der Waals surface area contributed by atoms with Crippen LogP contribution in [0.25, 0.3) is 0 Å². The van der Waals surface area contributed by atoms with Crippen molar-refractivity contribution in [3.05, 3.63) is 70.8 Å². The first-order valence-electron chi connectivity index (χ1n) is 10.9. The molecule has 0 saturated heterocycles. The van der Waals surface area contributed by atoms with Crippen LogP contribution in [0.5, 0.6) is 0 Å². The Labute approximate surface area is 166 Å². The van der Waals surface area contributed by atoms with Crippen LogP contribution in [0.15, 0.2) is 48.5 Å². The van der Waals surface area contributed by atoms with Gasteiger partial charge in [-0.3, -0.25) is 0 Å². The molecule has 0 bridgehead atoms. The third-order valence-corrected chi connectivity index (χ3v) is 6.30. The van der Waals surface area contributed by atoms with Gasteiger partial charge >= 0.3 is 0 Å². The van der Waals surface area contributed by atoms with Crippen LogP contribution in [0.2, 0.25) is 0 Å². The van der Waals surface area contributed by atoms with Crippen LogP contribution in [0.3, 0.4) is 0 Å². The normalized spacial score (nSPS) is 17.5. The van der Waals surface area contributed by atoms with Crippen molar-refractivity contribution in [1.82, 2.24) is 5.32 Å². The first-order valence-corrected chi connectivity index (χ1v) is 10.9. The van der Waals surface area contributed by atoms with Crippen molar-refractivity contribution in [2.45, 2.75) is 71.8 Å². The van der Waals surface area contributed by atoms with E-state index in [1.807, 2.05) is 0 Å². The van der Waals surface area contributed by atoms with Crippen LogP contribution in [0, 0.1) is 18.8 Å². The van der Waals surface area contributed by atoms with Gasteiger partial charge in [0.2, 0.25) is 0 Å². The van der Waals surface area contributed by atoms with E-state index in [4.69, 9.17) is 0 Å².